The van der Waals surface area contributed by atoms with Crippen molar-refractivity contribution in [3.8, 4) is 0 Å². The summed E-state index contributed by atoms with van der Waals surface area (Å²) < 4.78 is 0.510. The number of carbonyl (C=O) groups excluding carboxylic acids is 2. The molecule has 0 aliphatic rings. The van der Waals surface area contributed by atoms with Crippen molar-refractivity contribution in [2.45, 2.75) is 6.42 Å². The van der Waals surface area contributed by atoms with Crippen LogP contribution in [0.25, 0.3) is 20.2 Å². The summed E-state index contributed by atoms with van der Waals surface area (Å²) in [5.41, 5.74) is -0.170. The molecule has 8 heteroatoms. The summed E-state index contributed by atoms with van der Waals surface area (Å²) in [5.74, 6) is -1.26. The summed E-state index contributed by atoms with van der Waals surface area (Å²) in [6.45, 7) is 0. The van der Waals surface area contributed by atoms with Crippen LogP contribution >= 0.6 is 45.9 Å². The van der Waals surface area contributed by atoms with E-state index in [2.05, 4.69) is 0 Å². The van der Waals surface area contributed by atoms with Gasteiger partial charge in [-0.25, -0.2) is 0 Å². The van der Waals surface area contributed by atoms with Gasteiger partial charge in [0.05, 0.1) is 17.5 Å². The van der Waals surface area contributed by atoms with Crippen LogP contribution in [0.15, 0.2) is 58.1 Å². The Morgan fingerprint density at radius 2 is 1.10 bits per heavy atom. The van der Waals surface area contributed by atoms with Crippen LogP contribution in [0.2, 0.25) is 10.0 Å². The molecule has 0 unspecified atom stereocenters. The molecule has 29 heavy (non-hydrogen) atoms. The van der Waals surface area contributed by atoms with Crippen molar-refractivity contribution in [2.24, 2.45) is 0 Å². The summed E-state index contributed by atoms with van der Waals surface area (Å²) in [4.78, 5) is 50.0. The van der Waals surface area contributed by atoms with Crippen molar-refractivity contribution in [1.29, 1.82) is 0 Å². The molecule has 0 atom stereocenters. The largest absolute Gasteiger partial charge is 0.293 e. The molecule has 0 radical (unpaired) electrons. The third-order valence-corrected chi connectivity index (χ3v) is 6.77. The lowest BCUT2D eigenvalue weighted by atomic mass is 10.0. The molecule has 0 aliphatic carbocycles. The molecule has 0 saturated heterocycles. The number of benzene rings is 2. The van der Waals surface area contributed by atoms with Crippen LogP contribution in [0.1, 0.15) is 27.1 Å². The summed E-state index contributed by atoms with van der Waals surface area (Å²) in [6.07, 6.45) is -0.567. The minimum absolute atomic E-state index is 0.0851. The third-order valence-electron chi connectivity index (χ3n) is 4.31. The minimum Gasteiger partial charge on any atom is -0.293 e. The van der Waals surface area contributed by atoms with Crippen LogP contribution in [0.4, 0.5) is 0 Å². The molecule has 0 aliphatic heterocycles. The van der Waals surface area contributed by atoms with Crippen LogP contribution in [-0.2, 0) is 0 Å². The first kappa shape index (κ1) is 19.9. The van der Waals surface area contributed by atoms with Crippen LogP contribution in [0.5, 0.6) is 0 Å². The van der Waals surface area contributed by atoms with Gasteiger partial charge in [0.15, 0.2) is 11.6 Å². The van der Waals surface area contributed by atoms with E-state index in [0.717, 1.165) is 22.7 Å². The standard InChI is InChI=1S/C21H10Cl2O4S2/c22-12-1-3-18-10(5-12)7-14(20(26)28-18)16(24)9-17(25)15-8-11-6-13(23)2-4-19(11)29-21(15)27/h1-8H,9H2. The Morgan fingerprint density at radius 1 is 0.690 bits per heavy atom. The lowest BCUT2D eigenvalue weighted by Crippen LogP contribution is -2.19. The van der Waals surface area contributed by atoms with E-state index in [1.54, 1.807) is 36.4 Å². The molecule has 2 aromatic carbocycles. The highest BCUT2D eigenvalue weighted by Gasteiger charge is 2.20. The van der Waals surface area contributed by atoms with Crippen molar-refractivity contribution in [2.75, 3.05) is 0 Å². The lowest BCUT2D eigenvalue weighted by molar-refractivity contribution is 0.0893. The van der Waals surface area contributed by atoms with E-state index in [0.29, 0.717) is 30.2 Å². The second-order valence-electron chi connectivity index (χ2n) is 6.28. The van der Waals surface area contributed by atoms with Gasteiger partial charge in [-0.2, -0.15) is 0 Å². The Labute approximate surface area is 182 Å². The first-order chi connectivity index (χ1) is 13.8. The number of carbonyl (C=O) groups is 2. The highest BCUT2D eigenvalue weighted by atomic mass is 35.5. The first-order valence-corrected chi connectivity index (χ1v) is 10.7. The Kier molecular flexibility index (Phi) is 5.36. The molecule has 0 fully saturated rings. The zero-order chi connectivity index (χ0) is 20.7. The van der Waals surface area contributed by atoms with Gasteiger partial charge in [0.25, 0.3) is 0 Å². The summed E-state index contributed by atoms with van der Waals surface area (Å²) >= 11 is 13.8. The number of rotatable bonds is 4. The maximum Gasteiger partial charge on any atom is 0.243 e. The molecule has 144 valence electrons. The fourth-order valence-electron chi connectivity index (χ4n) is 2.91. The van der Waals surface area contributed by atoms with Crippen LogP contribution in [0.3, 0.4) is 0 Å². The second-order valence-corrected chi connectivity index (χ2v) is 9.18. The van der Waals surface area contributed by atoms with E-state index in [9.17, 15) is 19.2 Å². The smallest absolute Gasteiger partial charge is 0.243 e. The summed E-state index contributed by atoms with van der Waals surface area (Å²) in [7, 11) is 0. The Morgan fingerprint density at radius 3 is 1.52 bits per heavy atom. The highest BCUT2D eigenvalue weighted by molar-refractivity contribution is 7.16. The average Bonchev–Trinajstić information content (AvgIpc) is 2.67. The first-order valence-electron chi connectivity index (χ1n) is 8.35. The van der Waals surface area contributed by atoms with Gasteiger partial charge in [0.2, 0.25) is 9.48 Å². The van der Waals surface area contributed by atoms with Gasteiger partial charge in [-0.15, -0.1) is 0 Å². The Bertz CT molecular complexity index is 1330. The van der Waals surface area contributed by atoms with E-state index in [4.69, 9.17) is 23.2 Å². The molecule has 0 N–H and O–H groups in total. The Balaban J connectivity index is 1.69. The number of fused-ring (bicyclic) bond motifs is 2. The molecule has 4 nitrogen and oxygen atoms in total. The molecule has 0 amide bonds. The topological polar surface area (TPSA) is 68.3 Å². The van der Waals surface area contributed by atoms with Crippen LogP contribution in [-0.4, -0.2) is 11.6 Å². The quantitative estimate of drug-likeness (QED) is 0.293. The van der Waals surface area contributed by atoms with E-state index in [1.807, 2.05) is 0 Å². The van der Waals surface area contributed by atoms with Gasteiger partial charge in [-0.3, -0.25) is 19.2 Å². The molecule has 2 aromatic heterocycles. The zero-order valence-electron chi connectivity index (χ0n) is 14.5. The maximum atomic E-state index is 12.6. The SMILES string of the molecule is O=C(CC(=O)c1cc2cc(Cl)ccc2sc1=O)c1cc2cc(Cl)ccc2sc1=O. The minimum atomic E-state index is -0.631. The number of hydrogen-bond donors (Lipinski definition) is 0. The molecule has 0 spiro atoms. The molecule has 4 aromatic rings. The Hall–Kier alpha value is -2.38. The van der Waals surface area contributed by atoms with Gasteiger partial charge >= 0.3 is 0 Å². The van der Waals surface area contributed by atoms with Crippen molar-refractivity contribution < 1.29 is 9.59 Å². The fraction of sp³-hybridized carbons (Fsp3) is 0.0476. The van der Waals surface area contributed by atoms with E-state index in [-0.39, 0.29) is 11.1 Å². The molecule has 0 saturated carbocycles. The van der Waals surface area contributed by atoms with Crippen LogP contribution < -0.4 is 9.48 Å². The van der Waals surface area contributed by atoms with Crippen LogP contribution in [0, 0.1) is 0 Å². The number of hydrogen-bond acceptors (Lipinski definition) is 6. The fourth-order valence-corrected chi connectivity index (χ4v) is 4.98. The predicted octanol–water partition coefficient (Wildman–Crippen LogP) is 5.60. The maximum absolute atomic E-state index is 12.6. The normalized spacial score (nSPS) is 11.1. The summed E-state index contributed by atoms with van der Waals surface area (Å²) in [6, 6.07) is 12.9. The van der Waals surface area contributed by atoms with Gasteiger partial charge in [-0.1, -0.05) is 45.9 Å². The third kappa shape index (κ3) is 4.02. The molecule has 4 rings (SSSR count). The molecule has 0 bridgehead atoms. The van der Waals surface area contributed by atoms with Crippen molar-refractivity contribution >= 4 is 77.6 Å². The lowest BCUT2D eigenvalue weighted by Gasteiger charge is -2.04. The molecular formula is C21H10Cl2O4S2. The number of ketones is 2. The monoisotopic (exact) mass is 460 g/mol. The van der Waals surface area contributed by atoms with E-state index in [1.165, 1.54) is 12.1 Å². The van der Waals surface area contributed by atoms with Crippen molar-refractivity contribution in [3.05, 3.63) is 88.8 Å². The molecule has 2 heterocycles. The highest BCUT2D eigenvalue weighted by Crippen LogP contribution is 2.24. The number of halogens is 2. The van der Waals surface area contributed by atoms with Gasteiger partial charge in [0.1, 0.15) is 0 Å². The van der Waals surface area contributed by atoms with Gasteiger partial charge in [-0.05, 0) is 59.3 Å². The van der Waals surface area contributed by atoms with E-state index < -0.39 is 27.5 Å². The predicted molar refractivity (Wildman–Crippen MR) is 119 cm³/mol. The van der Waals surface area contributed by atoms with Gasteiger partial charge < -0.3 is 0 Å². The average molecular weight is 461 g/mol. The molecular weight excluding hydrogens is 451 g/mol. The van der Waals surface area contributed by atoms with Crippen molar-refractivity contribution in [1.82, 2.24) is 0 Å². The number of Topliss-reactive ketones (excluding diaryl/α,β-unsaturated/α-hetero) is 2. The zero-order valence-corrected chi connectivity index (χ0v) is 17.7. The van der Waals surface area contributed by atoms with Gasteiger partial charge in [0, 0.05) is 19.4 Å². The van der Waals surface area contributed by atoms with E-state index >= 15 is 0 Å². The second kappa shape index (κ2) is 7.80. The summed E-state index contributed by atoms with van der Waals surface area (Å²) in [5, 5.41) is 2.24. The van der Waals surface area contributed by atoms with Crippen molar-refractivity contribution in [3.63, 3.8) is 0 Å².